The van der Waals surface area contributed by atoms with Crippen LogP contribution in [-0.2, 0) is 0 Å². The van der Waals surface area contributed by atoms with E-state index in [1.807, 2.05) is 44.4 Å². The Bertz CT molecular complexity index is 945. The summed E-state index contributed by atoms with van der Waals surface area (Å²) >= 11 is 1.36. The highest BCUT2D eigenvalue weighted by Crippen LogP contribution is 2.35. The zero-order valence-corrected chi connectivity index (χ0v) is 16.6. The normalized spacial score (nSPS) is 10.7. The van der Waals surface area contributed by atoms with E-state index in [0.29, 0.717) is 35.4 Å². The number of amides is 1. The fraction of sp³-hybridized carbons (Fsp3) is 0.300. The molecule has 0 aliphatic heterocycles. The Kier molecular flexibility index (Phi) is 5.81. The van der Waals surface area contributed by atoms with Crippen molar-refractivity contribution < 1.29 is 18.7 Å². The maximum atomic E-state index is 12.5. The number of ether oxygens (including phenoxy) is 2. The predicted octanol–water partition coefficient (Wildman–Crippen LogP) is 5.07. The SMILES string of the molecule is CCOc1ccc(OCC)c(-c2csc(NC(=O)c3cc(C)oc3C)n2)c1. The fourth-order valence-corrected chi connectivity index (χ4v) is 3.43. The van der Waals surface area contributed by atoms with Crippen LogP contribution in [0.15, 0.2) is 34.1 Å². The van der Waals surface area contributed by atoms with Crippen LogP contribution in [0.4, 0.5) is 5.13 Å². The molecule has 3 aromatic rings. The van der Waals surface area contributed by atoms with Crippen LogP contribution in [0.1, 0.15) is 35.7 Å². The fourth-order valence-electron chi connectivity index (χ4n) is 2.72. The summed E-state index contributed by atoms with van der Waals surface area (Å²) in [4.78, 5) is 17.0. The summed E-state index contributed by atoms with van der Waals surface area (Å²) in [5.74, 6) is 2.53. The first-order valence-electron chi connectivity index (χ1n) is 8.75. The number of nitrogens with one attached hydrogen (secondary N) is 1. The van der Waals surface area contributed by atoms with Crippen LogP contribution in [-0.4, -0.2) is 24.1 Å². The van der Waals surface area contributed by atoms with Gasteiger partial charge in [-0.25, -0.2) is 4.98 Å². The first kappa shape index (κ1) is 19.0. The van der Waals surface area contributed by atoms with Gasteiger partial charge in [-0.05, 0) is 52.0 Å². The third-order valence-corrected chi connectivity index (χ3v) is 4.61. The van der Waals surface area contributed by atoms with E-state index in [9.17, 15) is 4.79 Å². The van der Waals surface area contributed by atoms with Crippen LogP contribution in [0, 0.1) is 13.8 Å². The molecule has 2 heterocycles. The van der Waals surface area contributed by atoms with Crippen molar-refractivity contribution in [2.75, 3.05) is 18.5 Å². The number of anilines is 1. The second kappa shape index (κ2) is 8.26. The van der Waals surface area contributed by atoms with Crippen LogP contribution < -0.4 is 14.8 Å². The number of thiazole rings is 1. The molecular weight excluding hydrogens is 364 g/mol. The van der Waals surface area contributed by atoms with Gasteiger partial charge in [-0.1, -0.05) is 0 Å². The van der Waals surface area contributed by atoms with Crippen LogP contribution in [0.25, 0.3) is 11.3 Å². The van der Waals surface area contributed by atoms with Gasteiger partial charge >= 0.3 is 0 Å². The minimum absolute atomic E-state index is 0.238. The average molecular weight is 386 g/mol. The maximum absolute atomic E-state index is 12.5. The standard InChI is InChI=1S/C20H22N2O4S/c1-5-24-14-7-8-18(25-6-2)16(10-14)17-11-27-20(21-17)22-19(23)15-9-12(3)26-13(15)4/h7-11H,5-6H2,1-4H3,(H,21,22,23). The van der Waals surface area contributed by atoms with Gasteiger partial charge in [-0.3, -0.25) is 10.1 Å². The van der Waals surface area contributed by atoms with E-state index in [1.165, 1.54) is 11.3 Å². The van der Waals surface area contributed by atoms with E-state index in [2.05, 4.69) is 10.3 Å². The monoisotopic (exact) mass is 386 g/mol. The van der Waals surface area contributed by atoms with Gasteiger partial charge in [-0.15, -0.1) is 11.3 Å². The Morgan fingerprint density at radius 1 is 1.19 bits per heavy atom. The van der Waals surface area contributed by atoms with Crippen LogP contribution in [0.5, 0.6) is 11.5 Å². The highest BCUT2D eigenvalue weighted by Gasteiger charge is 2.17. The highest BCUT2D eigenvalue weighted by molar-refractivity contribution is 7.14. The third kappa shape index (κ3) is 4.31. The largest absolute Gasteiger partial charge is 0.494 e. The number of hydrogen-bond acceptors (Lipinski definition) is 6. The molecule has 3 rings (SSSR count). The molecule has 1 N–H and O–H groups in total. The Morgan fingerprint density at radius 3 is 2.63 bits per heavy atom. The van der Waals surface area contributed by atoms with E-state index in [-0.39, 0.29) is 5.91 Å². The Hall–Kier alpha value is -2.80. The lowest BCUT2D eigenvalue weighted by molar-refractivity contribution is 0.102. The van der Waals surface area contributed by atoms with Crippen molar-refractivity contribution in [3.8, 4) is 22.8 Å². The molecule has 7 heteroatoms. The molecule has 0 radical (unpaired) electrons. The molecule has 0 spiro atoms. The number of rotatable bonds is 7. The summed E-state index contributed by atoms with van der Waals surface area (Å²) in [5.41, 5.74) is 2.06. The number of hydrogen-bond donors (Lipinski definition) is 1. The van der Waals surface area contributed by atoms with E-state index < -0.39 is 0 Å². The van der Waals surface area contributed by atoms with Crippen molar-refractivity contribution in [2.45, 2.75) is 27.7 Å². The van der Waals surface area contributed by atoms with Gasteiger partial charge in [0.25, 0.3) is 5.91 Å². The zero-order chi connectivity index (χ0) is 19.4. The molecule has 0 aliphatic carbocycles. The lowest BCUT2D eigenvalue weighted by Gasteiger charge is -2.11. The van der Waals surface area contributed by atoms with Gasteiger partial charge in [0.2, 0.25) is 0 Å². The first-order chi connectivity index (χ1) is 13.0. The van der Waals surface area contributed by atoms with Crippen LogP contribution >= 0.6 is 11.3 Å². The predicted molar refractivity (Wildman–Crippen MR) is 106 cm³/mol. The third-order valence-electron chi connectivity index (χ3n) is 3.85. The molecule has 0 atom stereocenters. The van der Waals surface area contributed by atoms with Gasteiger partial charge in [0.05, 0.1) is 24.5 Å². The molecule has 0 saturated heterocycles. The van der Waals surface area contributed by atoms with Gasteiger partial charge < -0.3 is 13.9 Å². The van der Waals surface area contributed by atoms with Crippen molar-refractivity contribution in [3.63, 3.8) is 0 Å². The number of furan rings is 1. The molecule has 0 saturated carbocycles. The molecule has 0 unspecified atom stereocenters. The molecular formula is C20H22N2O4S. The summed E-state index contributed by atoms with van der Waals surface area (Å²) in [6.45, 7) is 8.58. The van der Waals surface area contributed by atoms with Crippen molar-refractivity contribution >= 4 is 22.4 Å². The minimum Gasteiger partial charge on any atom is -0.494 e. The van der Waals surface area contributed by atoms with Crippen molar-refractivity contribution in [2.24, 2.45) is 0 Å². The van der Waals surface area contributed by atoms with Gasteiger partial charge in [-0.2, -0.15) is 0 Å². The highest BCUT2D eigenvalue weighted by atomic mass is 32.1. The summed E-state index contributed by atoms with van der Waals surface area (Å²) in [5, 5.41) is 5.23. The molecule has 142 valence electrons. The van der Waals surface area contributed by atoms with E-state index in [1.54, 1.807) is 13.0 Å². The topological polar surface area (TPSA) is 73.6 Å². The summed E-state index contributed by atoms with van der Waals surface area (Å²) < 4.78 is 16.7. The number of benzene rings is 1. The quantitative estimate of drug-likeness (QED) is 0.614. The molecule has 0 bridgehead atoms. The molecule has 0 aliphatic rings. The summed E-state index contributed by atoms with van der Waals surface area (Å²) in [6.07, 6.45) is 0. The van der Waals surface area contributed by atoms with E-state index >= 15 is 0 Å². The first-order valence-corrected chi connectivity index (χ1v) is 9.63. The number of aromatic nitrogens is 1. The van der Waals surface area contributed by atoms with Gasteiger partial charge in [0.1, 0.15) is 23.0 Å². The Balaban J connectivity index is 1.85. The molecule has 1 aromatic carbocycles. The van der Waals surface area contributed by atoms with E-state index in [4.69, 9.17) is 13.9 Å². The molecule has 27 heavy (non-hydrogen) atoms. The van der Waals surface area contributed by atoms with Crippen molar-refractivity contribution in [1.82, 2.24) is 4.98 Å². The van der Waals surface area contributed by atoms with E-state index in [0.717, 1.165) is 22.8 Å². The van der Waals surface area contributed by atoms with Crippen LogP contribution in [0.3, 0.4) is 0 Å². The average Bonchev–Trinajstić information content (AvgIpc) is 3.22. The van der Waals surface area contributed by atoms with Crippen molar-refractivity contribution in [1.29, 1.82) is 0 Å². The smallest absolute Gasteiger partial charge is 0.260 e. The number of carbonyl (C=O) groups is 1. The number of carbonyl (C=O) groups excluding carboxylic acids is 1. The Morgan fingerprint density at radius 2 is 1.96 bits per heavy atom. The van der Waals surface area contributed by atoms with Crippen molar-refractivity contribution in [3.05, 3.63) is 46.7 Å². The molecule has 6 nitrogen and oxygen atoms in total. The van der Waals surface area contributed by atoms with Crippen LogP contribution in [0.2, 0.25) is 0 Å². The minimum atomic E-state index is -0.238. The lowest BCUT2D eigenvalue weighted by atomic mass is 10.1. The summed E-state index contributed by atoms with van der Waals surface area (Å²) in [6, 6.07) is 7.37. The Labute approximate surface area is 162 Å². The van der Waals surface area contributed by atoms with Gasteiger partial charge in [0.15, 0.2) is 5.13 Å². The number of nitrogens with zero attached hydrogens (tertiary/aromatic N) is 1. The second-order valence-corrected chi connectivity index (χ2v) is 6.70. The van der Waals surface area contributed by atoms with Gasteiger partial charge in [0, 0.05) is 10.9 Å². The maximum Gasteiger partial charge on any atom is 0.260 e. The second-order valence-electron chi connectivity index (χ2n) is 5.84. The summed E-state index contributed by atoms with van der Waals surface area (Å²) in [7, 11) is 0. The molecule has 1 amide bonds. The zero-order valence-electron chi connectivity index (χ0n) is 15.8. The number of aryl methyl sites for hydroxylation is 2. The molecule has 2 aromatic heterocycles. The molecule has 0 fully saturated rings. The lowest BCUT2D eigenvalue weighted by Crippen LogP contribution is -2.11.